The molecule has 0 amide bonds. The topological polar surface area (TPSA) is 45.5 Å². The fourth-order valence-electron chi connectivity index (χ4n) is 3.36. The molecular weight excluding hydrogens is 340 g/mol. The van der Waals surface area contributed by atoms with Gasteiger partial charge in [0.05, 0.1) is 45.2 Å². The third-order valence-electron chi connectivity index (χ3n) is 4.63. The van der Waals surface area contributed by atoms with Crippen LogP contribution in [0.15, 0.2) is 67.1 Å². The molecule has 0 unspecified atom stereocenters. The Morgan fingerprint density at radius 3 is 2.22 bits per heavy atom. The second kappa shape index (κ2) is 7.03. The summed E-state index contributed by atoms with van der Waals surface area (Å²) in [6.07, 6.45) is 3.66. The van der Waals surface area contributed by atoms with Crippen LogP contribution in [0.1, 0.15) is 0 Å². The molecule has 0 bridgehead atoms. The molecule has 27 heavy (non-hydrogen) atoms. The second-order valence-corrected chi connectivity index (χ2v) is 6.06. The van der Waals surface area contributed by atoms with E-state index in [0.29, 0.717) is 17.2 Å². The minimum Gasteiger partial charge on any atom is -0.493 e. The lowest BCUT2D eigenvalue weighted by molar-refractivity contribution is 0.324. The maximum atomic E-state index is 5.49. The fraction of sp³-hybridized carbons (Fsp3) is 0.136. The smallest absolute Gasteiger partial charge is 0.203 e. The molecule has 1 heterocycles. The highest BCUT2D eigenvalue weighted by atomic mass is 16.5. The summed E-state index contributed by atoms with van der Waals surface area (Å²) in [6.45, 7) is 0. The van der Waals surface area contributed by atoms with Crippen molar-refractivity contribution in [3.63, 3.8) is 0 Å². The molecule has 0 saturated carbocycles. The Hall–Kier alpha value is -3.47. The molecule has 0 atom stereocenters. The molecule has 0 aliphatic carbocycles. The SMILES string of the molecule is COc1cc(-n2cncc2-c2cccc3ccccc23)cc(OC)c1OC. The van der Waals surface area contributed by atoms with E-state index in [1.807, 2.05) is 35.0 Å². The van der Waals surface area contributed by atoms with E-state index < -0.39 is 0 Å². The van der Waals surface area contributed by atoms with Crippen LogP contribution in [-0.2, 0) is 0 Å². The lowest BCUT2D eigenvalue weighted by Gasteiger charge is -2.16. The number of aromatic nitrogens is 2. The van der Waals surface area contributed by atoms with Crippen molar-refractivity contribution in [2.24, 2.45) is 0 Å². The Kier molecular flexibility index (Phi) is 4.42. The molecule has 5 heteroatoms. The van der Waals surface area contributed by atoms with Crippen LogP contribution in [0.4, 0.5) is 0 Å². The van der Waals surface area contributed by atoms with Crippen LogP contribution < -0.4 is 14.2 Å². The van der Waals surface area contributed by atoms with Crippen LogP contribution in [-0.4, -0.2) is 30.9 Å². The maximum absolute atomic E-state index is 5.49. The molecule has 0 N–H and O–H groups in total. The summed E-state index contributed by atoms with van der Waals surface area (Å²) in [5.41, 5.74) is 2.98. The number of rotatable bonds is 5. The summed E-state index contributed by atoms with van der Waals surface area (Å²) in [7, 11) is 4.82. The lowest BCUT2D eigenvalue weighted by Crippen LogP contribution is -2.00. The van der Waals surface area contributed by atoms with Gasteiger partial charge < -0.3 is 14.2 Å². The summed E-state index contributed by atoms with van der Waals surface area (Å²) in [5, 5.41) is 2.36. The number of hydrogen-bond donors (Lipinski definition) is 0. The standard InChI is InChI=1S/C22H20N2O3/c1-25-20-11-16(12-21(26-2)22(20)27-3)24-14-23-13-19(24)18-10-6-8-15-7-4-5-9-17(15)18/h4-14H,1-3H3. The molecule has 0 aliphatic rings. The largest absolute Gasteiger partial charge is 0.493 e. The van der Waals surface area contributed by atoms with Gasteiger partial charge in [0.1, 0.15) is 0 Å². The summed E-state index contributed by atoms with van der Waals surface area (Å²) in [4.78, 5) is 4.39. The monoisotopic (exact) mass is 360 g/mol. The Bertz CT molecular complexity index is 1070. The number of methoxy groups -OCH3 is 3. The molecule has 0 fully saturated rings. The zero-order chi connectivity index (χ0) is 18.8. The van der Waals surface area contributed by atoms with Gasteiger partial charge in [0.25, 0.3) is 0 Å². The highest BCUT2D eigenvalue weighted by molar-refractivity contribution is 5.96. The maximum Gasteiger partial charge on any atom is 0.203 e. The first-order valence-electron chi connectivity index (χ1n) is 8.57. The Morgan fingerprint density at radius 2 is 1.52 bits per heavy atom. The highest BCUT2D eigenvalue weighted by Gasteiger charge is 2.16. The van der Waals surface area contributed by atoms with Crippen LogP contribution >= 0.6 is 0 Å². The van der Waals surface area contributed by atoms with Gasteiger partial charge in [-0.05, 0) is 10.8 Å². The second-order valence-electron chi connectivity index (χ2n) is 6.06. The van der Waals surface area contributed by atoms with E-state index in [4.69, 9.17) is 14.2 Å². The Balaban J connectivity index is 1.93. The van der Waals surface area contributed by atoms with Gasteiger partial charge in [-0.2, -0.15) is 0 Å². The first-order chi connectivity index (χ1) is 13.3. The van der Waals surface area contributed by atoms with Gasteiger partial charge in [-0.15, -0.1) is 0 Å². The predicted molar refractivity (Wildman–Crippen MR) is 106 cm³/mol. The van der Waals surface area contributed by atoms with Crippen molar-refractivity contribution in [2.75, 3.05) is 21.3 Å². The average Bonchev–Trinajstić information content (AvgIpc) is 3.21. The predicted octanol–water partition coefficient (Wildman–Crippen LogP) is 4.72. The zero-order valence-corrected chi connectivity index (χ0v) is 15.5. The molecule has 5 nitrogen and oxygen atoms in total. The molecule has 1 aromatic heterocycles. The summed E-state index contributed by atoms with van der Waals surface area (Å²) >= 11 is 0. The van der Waals surface area contributed by atoms with Gasteiger partial charge >= 0.3 is 0 Å². The van der Waals surface area contributed by atoms with E-state index in [1.54, 1.807) is 27.7 Å². The molecule has 0 radical (unpaired) electrons. The average molecular weight is 360 g/mol. The van der Waals surface area contributed by atoms with Crippen molar-refractivity contribution in [2.45, 2.75) is 0 Å². The minimum atomic E-state index is 0.565. The molecule has 0 spiro atoms. The van der Waals surface area contributed by atoms with Gasteiger partial charge in [-0.25, -0.2) is 4.98 Å². The van der Waals surface area contributed by atoms with Crippen molar-refractivity contribution < 1.29 is 14.2 Å². The quantitative estimate of drug-likeness (QED) is 0.517. The number of hydrogen-bond acceptors (Lipinski definition) is 4. The summed E-state index contributed by atoms with van der Waals surface area (Å²) < 4.78 is 18.4. The number of benzene rings is 3. The van der Waals surface area contributed by atoms with E-state index in [0.717, 1.165) is 16.9 Å². The van der Waals surface area contributed by atoms with Gasteiger partial charge in [-0.3, -0.25) is 4.57 Å². The lowest BCUT2D eigenvalue weighted by atomic mass is 10.0. The van der Waals surface area contributed by atoms with Crippen molar-refractivity contribution in [1.82, 2.24) is 9.55 Å². The van der Waals surface area contributed by atoms with Gasteiger partial charge in [0, 0.05) is 17.7 Å². The van der Waals surface area contributed by atoms with E-state index in [9.17, 15) is 0 Å². The third kappa shape index (κ3) is 2.87. The zero-order valence-electron chi connectivity index (χ0n) is 15.5. The number of fused-ring (bicyclic) bond motifs is 1. The van der Waals surface area contributed by atoms with Crippen molar-refractivity contribution in [3.05, 3.63) is 67.1 Å². The van der Waals surface area contributed by atoms with Gasteiger partial charge in [0.15, 0.2) is 11.5 Å². The minimum absolute atomic E-state index is 0.565. The van der Waals surface area contributed by atoms with E-state index in [2.05, 4.69) is 35.3 Å². The molecule has 4 aromatic rings. The first kappa shape index (κ1) is 17.0. The van der Waals surface area contributed by atoms with Gasteiger partial charge in [-0.1, -0.05) is 42.5 Å². The summed E-state index contributed by atoms with van der Waals surface area (Å²) in [5.74, 6) is 1.77. The van der Waals surface area contributed by atoms with Crippen molar-refractivity contribution in [3.8, 4) is 34.2 Å². The Morgan fingerprint density at radius 1 is 0.815 bits per heavy atom. The molecule has 4 rings (SSSR count). The third-order valence-corrected chi connectivity index (χ3v) is 4.63. The van der Waals surface area contributed by atoms with Crippen LogP contribution in [0.25, 0.3) is 27.7 Å². The summed E-state index contributed by atoms with van der Waals surface area (Å²) in [6, 6.07) is 18.4. The van der Waals surface area contributed by atoms with E-state index in [1.165, 1.54) is 10.8 Å². The van der Waals surface area contributed by atoms with Gasteiger partial charge in [0.2, 0.25) is 5.75 Å². The number of nitrogens with zero attached hydrogens (tertiary/aromatic N) is 2. The van der Waals surface area contributed by atoms with Crippen LogP contribution in [0.5, 0.6) is 17.2 Å². The van der Waals surface area contributed by atoms with Crippen molar-refractivity contribution in [1.29, 1.82) is 0 Å². The van der Waals surface area contributed by atoms with E-state index in [-0.39, 0.29) is 0 Å². The van der Waals surface area contributed by atoms with E-state index >= 15 is 0 Å². The van der Waals surface area contributed by atoms with Crippen LogP contribution in [0.3, 0.4) is 0 Å². The Labute approximate surface area is 157 Å². The van der Waals surface area contributed by atoms with Crippen LogP contribution in [0, 0.1) is 0 Å². The van der Waals surface area contributed by atoms with Crippen molar-refractivity contribution >= 4 is 10.8 Å². The molecular formula is C22H20N2O3. The number of imidazole rings is 1. The normalized spacial score (nSPS) is 10.8. The molecule has 136 valence electrons. The number of ether oxygens (including phenoxy) is 3. The molecule has 0 saturated heterocycles. The first-order valence-corrected chi connectivity index (χ1v) is 8.57. The molecule has 0 aliphatic heterocycles. The molecule has 3 aromatic carbocycles. The van der Waals surface area contributed by atoms with Crippen LogP contribution in [0.2, 0.25) is 0 Å². The fourth-order valence-corrected chi connectivity index (χ4v) is 3.36. The highest BCUT2D eigenvalue weighted by Crippen LogP contribution is 2.40.